The average Bonchev–Trinajstić information content (AvgIpc) is 2.62. The van der Waals surface area contributed by atoms with E-state index in [1.54, 1.807) is 12.1 Å². The van der Waals surface area contributed by atoms with Crippen LogP contribution in [0.2, 0.25) is 0 Å². The predicted octanol–water partition coefficient (Wildman–Crippen LogP) is 3.50. The molecule has 0 fully saturated rings. The molecule has 0 saturated heterocycles. The minimum Gasteiger partial charge on any atom is -0.507 e. The number of methoxy groups -OCH3 is 1. The fourth-order valence-electron chi connectivity index (χ4n) is 2.11. The number of phenolic OH excluding ortho intramolecular Hbond substituents is 1. The van der Waals surface area contributed by atoms with Crippen molar-refractivity contribution in [2.24, 2.45) is 5.10 Å². The molecule has 0 bridgehead atoms. The zero-order valence-electron chi connectivity index (χ0n) is 14.0. The molecule has 2 aromatic rings. The quantitative estimate of drug-likeness (QED) is 0.486. The van der Waals surface area contributed by atoms with Crippen molar-refractivity contribution in [1.29, 1.82) is 0 Å². The van der Waals surface area contributed by atoms with E-state index in [4.69, 9.17) is 4.74 Å². The zero-order valence-corrected chi connectivity index (χ0v) is 15.6. The third kappa shape index (κ3) is 5.49. The molecule has 132 valence electrons. The maximum absolute atomic E-state index is 12.3. The third-order valence-electron chi connectivity index (χ3n) is 3.52. The van der Waals surface area contributed by atoms with E-state index in [-0.39, 0.29) is 11.7 Å². The van der Waals surface area contributed by atoms with Crippen molar-refractivity contribution < 1.29 is 14.6 Å². The van der Waals surface area contributed by atoms with Crippen molar-refractivity contribution in [3.63, 3.8) is 0 Å². The molecule has 25 heavy (non-hydrogen) atoms. The summed E-state index contributed by atoms with van der Waals surface area (Å²) in [6, 6.07) is 11.9. The molecule has 0 aromatic heterocycles. The molecule has 0 radical (unpaired) electrons. The van der Waals surface area contributed by atoms with Crippen LogP contribution in [-0.4, -0.2) is 30.4 Å². The van der Waals surface area contributed by atoms with E-state index in [1.165, 1.54) is 19.4 Å². The van der Waals surface area contributed by atoms with Gasteiger partial charge in [-0.3, -0.25) is 4.79 Å². The van der Waals surface area contributed by atoms with Gasteiger partial charge in [-0.25, -0.2) is 5.43 Å². The molecule has 1 unspecified atom stereocenters. The van der Waals surface area contributed by atoms with Gasteiger partial charge < -0.3 is 15.2 Å². The van der Waals surface area contributed by atoms with Crippen LogP contribution < -0.4 is 15.5 Å². The summed E-state index contributed by atoms with van der Waals surface area (Å²) in [5.74, 6) is 0.386. The molecule has 0 spiro atoms. The van der Waals surface area contributed by atoms with E-state index in [2.05, 4.69) is 31.8 Å². The molecule has 2 aromatic carbocycles. The molecule has 0 aliphatic heterocycles. The maximum Gasteiger partial charge on any atom is 0.262 e. The fraction of sp³-hybridized carbons (Fsp3) is 0.222. The Kier molecular flexibility index (Phi) is 6.82. The van der Waals surface area contributed by atoms with Crippen LogP contribution in [0.25, 0.3) is 0 Å². The number of anilines is 1. The van der Waals surface area contributed by atoms with Gasteiger partial charge in [0, 0.05) is 15.7 Å². The lowest BCUT2D eigenvalue weighted by atomic mass is 10.2. The SMILES string of the molecule is CCC(Nc1ccc(Br)cc1)C(=O)NN=Cc1cc(OC)ccc1O. The van der Waals surface area contributed by atoms with Crippen LogP contribution in [0.15, 0.2) is 52.0 Å². The Morgan fingerprint density at radius 1 is 1.32 bits per heavy atom. The van der Waals surface area contributed by atoms with Crippen molar-refractivity contribution in [3.8, 4) is 11.5 Å². The van der Waals surface area contributed by atoms with Gasteiger partial charge in [0.15, 0.2) is 0 Å². The number of phenols is 1. The lowest BCUT2D eigenvalue weighted by Gasteiger charge is -2.16. The van der Waals surface area contributed by atoms with Gasteiger partial charge in [0.25, 0.3) is 5.91 Å². The van der Waals surface area contributed by atoms with Crippen molar-refractivity contribution in [3.05, 3.63) is 52.5 Å². The molecule has 7 heteroatoms. The second kappa shape index (κ2) is 9.08. The molecule has 6 nitrogen and oxygen atoms in total. The second-order valence-electron chi connectivity index (χ2n) is 5.27. The highest BCUT2D eigenvalue weighted by Crippen LogP contribution is 2.21. The Bertz CT molecular complexity index is 748. The molecule has 1 amide bonds. The Labute approximate surface area is 155 Å². The van der Waals surface area contributed by atoms with Crippen LogP contribution in [-0.2, 0) is 4.79 Å². The Hall–Kier alpha value is -2.54. The molecular weight excluding hydrogens is 386 g/mol. The van der Waals surface area contributed by atoms with Gasteiger partial charge in [-0.15, -0.1) is 0 Å². The highest BCUT2D eigenvalue weighted by atomic mass is 79.9. The summed E-state index contributed by atoms with van der Waals surface area (Å²) in [5, 5.41) is 16.9. The molecule has 0 aliphatic carbocycles. The number of hydrogen-bond donors (Lipinski definition) is 3. The largest absolute Gasteiger partial charge is 0.507 e. The van der Waals surface area contributed by atoms with E-state index in [9.17, 15) is 9.90 Å². The van der Waals surface area contributed by atoms with Gasteiger partial charge >= 0.3 is 0 Å². The number of carbonyl (C=O) groups excluding carboxylic acids is 1. The molecule has 0 heterocycles. The van der Waals surface area contributed by atoms with E-state index in [0.29, 0.717) is 17.7 Å². The summed E-state index contributed by atoms with van der Waals surface area (Å²) >= 11 is 3.37. The standard InChI is InChI=1S/C18H20BrN3O3/c1-3-16(21-14-6-4-13(19)5-7-14)18(24)22-20-11-12-10-15(25-2)8-9-17(12)23/h4-11,16,21,23H,3H2,1-2H3,(H,22,24). The summed E-state index contributed by atoms with van der Waals surface area (Å²) in [6.07, 6.45) is 1.98. The van der Waals surface area contributed by atoms with Crippen LogP contribution >= 0.6 is 15.9 Å². The summed E-state index contributed by atoms with van der Waals surface area (Å²) in [5.41, 5.74) is 3.78. The number of benzene rings is 2. The normalized spacial score (nSPS) is 12.0. The van der Waals surface area contributed by atoms with E-state index < -0.39 is 6.04 Å². The highest BCUT2D eigenvalue weighted by Gasteiger charge is 2.15. The summed E-state index contributed by atoms with van der Waals surface area (Å²) < 4.78 is 6.06. The number of ether oxygens (including phenoxy) is 1. The summed E-state index contributed by atoms with van der Waals surface area (Å²) in [7, 11) is 1.54. The third-order valence-corrected chi connectivity index (χ3v) is 4.05. The molecule has 0 saturated carbocycles. The zero-order chi connectivity index (χ0) is 18.2. The van der Waals surface area contributed by atoms with Gasteiger partial charge in [0.1, 0.15) is 17.5 Å². The number of aromatic hydroxyl groups is 1. The Morgan fingerprint density at radius 2 is 2.04 bits per heavy atom. The fourth-order valence-corrected chi connectivity index (χ4v) is 2.37. The molecule has 1 atom stereocenters. The smallest absolute Gasteiger partial charge is 0.262 e. The molecule has 0 aliphatic rings. The molecule has 3 N–H and O–H groups in total. The second-order valence-corrected chi connectivity index (χ2v) is 6.19. The number of carbonyl (C=O) groups is 1. The molecule has 2 rings (SSSR count). The Balaban J connectivity index is 1.98. The number of hydrogen-bond acceptors (Lipinski definition) is 5. The van der Waals surface area contributed by atoms with E-state index in [1.807, 2.05) is 31.2 Å². The number of nitrogens with zero attached hydrogens (tertiary/aromatic N) is 1. The maximum atomic E-state index is 12.3. The van der Waals surface area contributed by atoms with Gasteiger partial charge in [0.05, 0.1) is 13.3 Å². The molecular formula is C18H20BrN3O3. The minimum atomic E-state index is -0.419. The topological polar surface area (TPSA) is 83.0 Å². The van der Waals surface area contributed by atoms with Gasteiger partial charge in [-0.2, -0.15) is 5.10 Å². The van der Waals surface area contributed by atoms with Crippen LogP contribution in [0.5, 0.6) is 11.5 Å². The number of hydrazone groups is 1. The van der Waals surface area contributed by atoms with Crippen molar-refractivity contribution in [1.82, 2.24) is 5.43 Å². The summed E-state index contributed by atoms with van der Waals surface area (Å²) in [6.45, 7) is 1.91. The van der Waals surface area contributed by atoms with Crippen molar-refractivity contribution >= 4 is 33.7 Å². The first-order valence-electron chi connectivity index (χ1n) is 7.75. The number of nitrogens with one attached hydrogen (secondary N) is 2. The van der Waals surface area contributed by atoms with Crippen LogP contribution in [0.1, 0.15) is 18.9 Å². The Morgan fingerprint density at radius 3 is 2.68 bits per heavy atom. The number of amides is 1. The van der Waals surface area contributed by atoms with Gasteiger partial charge in [-0.05, 0) is 48.9 Å². The average molecular weight is 406 g/mol. The van der Waals surface area contributed by atoms with Gasteiger partial charge in [0.2, 0.25) is 0 Å². The van der Waals surface area contributed by atoms with E-state index in [0.717, 1.165) is 10.2 Å². The van der Waals surface area contributed by atoms with Crippen LogP contribution in [0.3, 0.4) is 0 Å². The van der Waals surface area contributed by atoms with Gasteiger partial charge in [-0.1, -0.05) is 22.9 Å². The first kappa shape index (κ1) is 18.8. The lowest BCUT2D eigenvalue weighted by Crippen LogP contribution is -2.36. The van der Waals surface area contributed by atoms with E-state index >= 15 is 0 Å². The minimum absolute atomic E-state index is 0.0545. The number of rotatable bonds is 7. The van der Waals surface area contributed by atoms with Crippen LogP contribution in [0.4, 0.5) is 5.69 Å². The van der Waals surface area contributed by atoms with Crippen LogP contribution in [0, 0.1) is 0 Å². The first-order chi connectivity index (χ1) is 12.0. The predicted molar refractivity (Wildman–Crippen MR) is 102 cm³/mol. The first-order valence-corrected chi connectivity index (χ1v) is 8.54. The monoisotopic (exact) mass is 405 g/mol. The van der Waals surface area contributed by atoms with Crippen molar-refractivity contribution in [2.75, 3.05) is 12.4 Å². The number of halogens is 1. The summed E-state index contributed by atoms with van der Waals surface area (Å²) in [4.78, 5) is 12.3. The highest BCUT2D eigenvalue weighted by molar-refractivity contribution is 9.10. The lowest BCUT2D eigenvalue weighted by molar-refractivity contribution is -0.121. The van der Waals surface area contributed by atoms with Crippen molar-refractivity contribution in [2.45, 2.75) is 19.4 Å².